The van der Waals surface area contributed by atoms with Crippen LogP contribution >= 0.6 is 0 Å². The zero-order valence-corrected chi connectivity index (χ0v) is 17.9. The lowest BCUT2D eigenvalue weighted by Crippen LogP contribution is -2.56. The summed E-state index contributed by atoms with van der Waals surface area (Å²) in [6, 6.07) is 17.2. The summed E-state index contributed by atoms with van der Waals surface area (Å²) in [7, 11) is 0. The minimum Gasteiger partial charge on any atom is -0.478 e. The van der Waals surface area contributed by atoms with E-state index in [2.05, 4.69) is 17.0 Å². The third-order valence-corrected chi connectivity index (χ3v) is 5.09. The molecule has 0 aliphatic carbocycles. The molecule has 1 saturated heterocycles. The van der Waals surface area contributed by atoms with Gasteiger partial charge in [0, 0.05) is 26.2 Å². The SMILES string of the molecule is CC(C)(C)OC(=O)N1CCN(Cc2cccc(C(=O)O)c2)C[C@@H]1Cc1ccccc1. The lowest BCUT2D eigenvalue weighted by molar-refractivity contribution is -0.00235. The van der Waals surface area contributed by atoms with Crippen LogP contribution in [0.1, 0.15) is 42.3 Å². The Morgan fingerprint density at radius 1 is 1.03 bits per heavy atom. The largest absolute Gasteiger partial charge is 0.478 e. The van der Waals surface area contributed by atoms with Crippen molar-refractivity contribution in [2.45, 2.75) is 45.4 Å². The average Bonchev–Trinajstić information content (AvgIpc) is 2.68. The zero-order chi connectivity index (χ0) is 21.7. The van der Waals surface area contributed by atoms with Gasteiger partial charge in [0.25, 0.3) is 0 Å². The number of hydrogen-bond donors (Lipinski definition) is 1. The summed E-state index contributed by atoms with van der Waals surface area (Å²) in [6.45, 7) is 8.27. The fraction of sp³-hybridized carbons (Fsp3) is 0.417. The van der Waals surface area contributed by atoms with Gasteiger partial charge >= 0.3 is 12.1 Å². The Morgan fingerprint density at radius 3 is 2.40 bits per heavy atom. The van der Waals surface area contributed by atoms with Gasteiger partial charge in [0.2, 0.25) is 0 Å². The molecule has 1 aliphatic rings. The molecule has 2 aromatic carbocycles. The number of ether oxygens (including phenoxy) is 1. The topological polar surface area (TPSA) is 70.1 Å². The molecule has 1 heterocycles. The molecule has 0 saturated carbocycles. The van der Waals surface area contributed by atoms with E-state index < -0.39 is 11.6 Å². The van der Waals surface area contributed by atoms with Crippen LogP contribution in [-0.4, -0.2) is 58.2 Å². The summed E-state index contributed by atoms with van der Waals surface area (Å²) in [4.78, 5) is 28.2. The number of benzene rings is 2. The van der Waals surface area contributed by atoms with Gasteiger partial charge in [-0.25, -0.2) is 9.59 Å². The van der Waals surface area contributed by atoms with Crippen LogP contribution in [0.5, 0.6) is 0 Å². The number of carbonyl (C=O) groups is 2. The maximum atomic E-state index is 12.8. The van der Waals surface area contributed by atoms with Gasteiger partial charge in [0.1, 0.15) is 5.60 Å². The number of aromatic carboxylic acids is 1. The van der Waals surface area contributed by atoms with E-state index in [0.29, 0.717) is 31.7 Å². The molecule has 6 heteroatoms. The van der Waals surface area contributed by atoms with Gasteiger partial charge in [0.15, 0.2) is 0 Å². The van der Waals surface area contributed by atoms with E-state index in [0.717, 1.165) is 12.0 Å². The van der Waals surface area contributed by atoms with Crippen molar-refractivity contribution in [3.05, 3.63) is 71.3 Å². The molecule has 1 fully saturated rings. The fourth-order valence-electron chi connectivity index (χ4n) is 3.75. The highest BCUT2D eigenvalue weighted by Gasteiger charge is 2.33. The number of hydrogen-bond acceptors (Lipinski definition) is 4. The van der Waals surface area contributed by atoms with Crippen LogP contribution in [0.3, 0.4) is 0 Å². The molecule has 30 heavy (non-hydrogen) atoms. The third-order valence-electron chi connectivity index (χ3n) is 5.09. The lowest BCUT2D eigenvalue weighted by atomic mass is 10.0. The molecule has 1 amide bonds. The molecule has 0 unspecified atom stereocenters. The molecule has 0 bridgehead atoms. The monoisotopic (exact) mass is 410 g/mol. The van der Waals surface area contributed by atoms with E-state index in [-0.39, 0.29) is 12.1 Å². The first-order valence-electron chi connectivity index (χ1n) is 10.3. The van der Waals surface area contributed by atoms with Crippen molar-refractivity contribution in [1.82, 2.24) is 9.80 Å². The Morgan fingerprint density at radius 2 is 1.73 bits per heavy atom. The summed E-state index contributed by atoms with van der Waals surface area (Å²) in [5.74, 6) is -0.923. The molecule has 1 atom stereocenters. The van der Waals surface area contributed by atoms with E-state index in [1.54, 1.807) is 18.2 Å². The summed E-state index contributed by atoms with van der Waals surface area (Å²) in [5, 5.41) is 9.24. The molecule has 0 aromatic heterocycles. The molecule has 0 spiro atoms. The first kappa shape index (κ1) is 21.8. The Labute approximate surface area is 178 Å². The number of nitrogens with zero attached hydrogens (tertiary/aromatic N) is 2. The van der Waals surface area contributed by atoms with Crippen molar-refractivity contribution in [2.75, 3.05) is 19.6 Å². The van der Waals surface area contributed by atoms with Crippen molar-refractivity contribution in [3.8, 4) is 0 Å². The van der Waals surface area contributed by atoms with Crippen molar-refractivity contribution in [3.63, 3.8) is 0 Å². The Bertz CT molecular complexity index is 876. The number of piperazine rings is 1. The van der Waals surface area contributed by atoms with Crippen LogP contribution < -0.4 is 0 Å². The molecule has 160 valence electrons. The standard InChI is InChI=1S/C24H30N2O4/c1-24(2,3)30-23(29)26-13-12-25(16-19-10-7-11-20(14-19)22(27)28)17-21(26)15-18-8-5-4-6-9-18/h4-11,14,21H,12-13,15-17H2,1-3H3,(H,27,28)/t21-/m0/s1. The van der Waals surface area contributed by atoms with Crippen LogP contribution in [0.15, 0.2) is 54.6 Å². The van der Waals surface area contributed by atoms with Crippen molar-refractivity contribution < 1.29 is 19.4 Å². The summed E-state index contributed by atoms with van der Waals surface area (Å²) in [5.41, 5.74) is 1.88. The second-order valence-corrected chi connectivity index (χ2v) is 8.76. The normalized spacial score (nSPS) is 17.6. The fourth-order valence-corrected chi connectivity index (χ4v) is 3.75. The number of carbonyl (C=O) groups excluding carboxylic acids is 1. The van der Waals surface area contributed by atoms with Gasteiger partial charge in [-0.1, -0.05) is 42.5 Å². The van der Waals surface area contributed by atoms with Gasteiger partial charge in [-0.05, 0) is 50.5 Å². The molecule has 6 nitrogen and oxygen atoms in total. The van der Waals surface area contributed by atoms with Gasteiger partial charge < -0.3 is 14.7 Å². The van der Waals surface area contributed by atoms with E-state index in [9.17, 15) is 14.7 Å². The lowest BCUT2D eigenvalue weighted by Gasteiger charge is -2.42. The Hall–Kier alpha value is -2.86. The van der Waals surface area contributed by atoms with E-state index >= 15 is 0 Å². The van der Waals surface area contributed by atoms with Crippen LogP contribution in [-0.2, 0) is 17.7 Å². The van der Waals surface area contributed by atoms with Crippen LogP contribution in [0.2, 0.25) is 0 Å². The second kappa shape index (κ2) is 9.30. The molecular formula is C24H30N2O4. The Kier molecular flexibility index (Phi) is 6.77. The molecule has 0 radical (unpaired) electrons. The number of carboxylic acid groups (broad SMARTS) is 1. The number of rotatable bonds is 5. The highest BCUT2D eigenvalue weighted by atomic mass is 16.6. The van der Waals surface area contributed by atoms with E-state index in [1.165, 1.54) is 5.56 Å². The molecule has 2 aromatic rings. The maximum Gasteiger partial charge on any atom is 0.410 e. The third kappa shape index (κ3) is 6.07. The van der Waals surface area contributed by atoms with Gasteiger partial charge in [-0.3, -0.25) is 4.90 Å². The zero-order valence-electron chi connectivity index (χ0n) is 17.9. The summed E-state index contributed by atoms with van der Waals surface area (Å²) in [6.07, 6.45) is 0.460. The average molecular weight is 411 g/mol. The van der Waals surface area contributed by atoms with E-state index in [4.69, 9.17) is 4.74 Å². The van der Waals surface area contributed by atoms with Crippen molar-refractivity contribution in [1.29, 1.82) is 0 Å². The number of carboxylic acids is 1. The minimum absolute atomic E-state index is 0.0151. The smallest absolute Gasteiger partial charge is 0.410 e. The minimum atomic E-state index is -0.923. The van der Waals surface area contributed by atoms with E-state index in [1.807, 2.05) is 49.9 Å². The first-order chi connectivity index (χ1) is 14.2. The van der Waals surface area contributed by atoms with Crippen molar-refractivity contribution >= 4 is 12.1 Å². The predicted octanol–water partition coefficient (Wildman–Crippen LogP) is 4.05. The number of amides is 1. The quantitative estimate of drug-likeness (QED) is 0.805. The van der Waals surface area contributed by atoms with Crippen LogP contribution in [0, 0.1) is 0 Å². The van der Waals surface area contributed by atoms with Crippen LogP contribution in [0.25, 0.3) is 0 Å². The molecular weight excluding hydrogens is 380 g/mol. The van der Waals surface area contributed by atoms with Gasteiger partial charge in [0.05, 0.1) is 11.6 Å². The maximum absolute atomic E-state index is 12.8. The highest BCUT2D eigenvalue weighted by molar-refractivity contribution is 5.87. The molecule has 1 aliphatic heterocycles. The van der Waals surface area contributed by atoms with Gasteiger partial charge in [-0.15, -0.1) is 0 Å². The highest BCUT2D eigenvalue weighted by Crippen LogP contribution is 2.20. The van der Waals surface area contributed by atoms with Gasteiger partial charge in [-0.2, -0.15) is 0 Å². The first-order valence-corrected chi connectivity index (χ1v) is 10.3. The van der Waals surface area contributed by atoms with Crippen molar-refractivity contribution in [2.24, 2.45) is 0 Å². The molecule has 3 rings (SSSR count). The van der Waals surface area contributed by atoms with Crippen LogP contribution in [0.4, 0.5) is 4.79 Å². The predicted molar refractivity (Wildman–Crippen MR) is 116 cm³/mol. The summed E-state index contributed by atoms with van der Waals surface area (Å²) < 4.78 is 5.64. The molecule has 1 N–H and O–H groups in total. The summed E-state index contributed by atoms with van der Waals surface area (Å²) >= 11 is 0. The second-order valence-electron chi connectivity index (χ2n) is 8.76. The Balaban J connectivity index is 1.74.